The molecule has 3 rings (SSSR count). The van der Waals surface area contributed by atoms with Gasteiger partial charge in [-0.1, -0.05) is 6.07 Å². The number of thiazole rings is 1. The molecule has 0 bridgehead atoms. The standard InChI is InChI=1S/C15H17NOS/c1-10-16-14-7-4-12(9-15(14)18-10)8-11-2-5-13(17)6-3-11/h4,7,9,11H,2-3,5-6,8H2,1H3. The van der Waals surface area contributed by atoms with E-state index in [4.69, 9.17) is 0 Å². The molecule has 94 valence electrons. The summed E-state index contributed by atoms with van der Waals surface area (Å²) in [6.45, 7) is 2.05. The van der Waals surface area contributed by atoms with Crippen molar-refractivity contribution in [1.29, 1.82) is 0 Å². The highest BCUT2D eigenvalue weighted by atomic mass is 32.1. The maximum absolute atomic E-state index is 11.2. The third kappa shape index (κ3) is 2.46. The van der Waals surface area contributed by atoms with Crippen LogP contribution in [0.15, 0.2) is 18.2 Å². The zero-order valence-corrected chi connectivity index (χ0v) is 11.4. The minimum Gasteiger partial charge on any atom is -0.300 e. The second kappa shape index (κ2) is 4.81. The van der Waals surface area contributed by atoms with Gasteiger partial charge >= 0.3 is 0 Å². The fourth-order valence-corrected chi connectivity index (χ4v) is 3.64. The molecule has 0 amide bonds. The summed E-state index contributed by atoms with van der Waals surface area (Å²) in [6.07, 6.45) is 4.82. The van der Waals surface area contributed by atoms with E-state index in [1.54, 1.807) is 11.3 Å². The summed E-state index contributed by atoms with van der Waals surface area (Å²) < 4.78 is 1.29. The average molecular weight is 259 g/mol. The molecule has 1 heterocycles. The van der Waals surface area contributed by atoms with Gasteiger partial charge in [-0.15, -0.1) is 11.3 Å². The zero-order valence-electron chi connectivity index (χ0n) is 10.6. The van der Waals surface area contributed by atoms with E-state index in [0.29, 0.717) is 11.7 Å². The summed E-state index contributed by atoms with van der Waals surface area (Å²) in [5.74, 6) is 1.13. The number of hydrogen-bond acceptors (Lipinski definition) is 3. The Kier molecular flexibility index (Phi) is 3.16. The molecule has 1 aromatic heterocycles. The summed E-state index contributed by atoms with van der Waals surface area (Å²) in [5, 5.41) is 1.13. The Hall–Kier alpha value is -1.22. The quantitative estimate of drug-likeness (QED) is 0.818. The Balaban J connectivity index is 1.76. The van der Waals surface area contributed by atoms with Crippen LogP contribution in [0.1, 0.15) is 36.3 Å². The molecule has 0 spiro atoms. The SMILES string of the molecule is Cc1nc2ccc(CC3CCC(=O)CC3)cc2s1. The molecule has 1 aromatic carbocycles. The van der Waals surface area contributed by atoms with E-state index in [2.05, 4.69) is 30.1 Å². The Bertz CT molecular complexity index is 577. The van der Waals surface area contributed by atoms with Gasteiger partial charge < -0.3 is 0 Å². The second-order valence-electron chi connectivity index (χ2n) is 5.22. The average Bonchev–Trinajstić information content (AvgIpc) is 2.71. The highest BCUT2D eigenvalue weighted by Crippen LogP contribution is 2.28. The molecule has 0 atom stereocenters. The predicted molar refractivity (Wildman–Crippen MR) is 75.0 cm³/mol. The number of aromatic nitrogens is 1. The van der Waals surface area contributed by atoms with Crippen molar-refractivity contribution in [2.24, 2.45) is 5.92 Å². The first-order chi connectivity index (χ1) is 8.70. The Morgan fingerprint density at radius 1 is 1.33 bits per heavy atom. The molecule has 2 nitrogen and oxygen atoms in total. The Labute approximate surface area is 111 Å². The molecular formula is C15H17NOS. The Morgan fingerprint density at radius 2 is 2.11 bits per heavy atom. The van der Waals surface area contributed by atoms with Gasteiger partial charge in [-0.3, -0.25) is 4.79 Å². The normalized spacial score (nSPS) is 17.5. The van der Waals surface area contributed by atoms with Crippen LogP contribution < -0.4 is 0 Å². The number of fused-ring (bicyclic) bond motifs is 1. The van der Waals surface area contributed by atoms with Gasteiger partial charge in [-0.2, -0.15) is 0 Å². The molecule has 1 fully saturated rings. The van der Waals surface area contributed by atoms with Gasteiger partial charge in [-0.25, -0.2) is 4.98 Å². The van der Waals surface area contributed by atoms with E-state index in [9.17, 15) is 4.79 Å². The molecule has 0 saturated heterocycles. The lowest BCUT2D eigenvalue weighted by molar-refractivity contribution is -0.120. The number of hydrogen-bond donors (Lipinski definition) is 0. The van der Waals surface area contributed by atoms with Crippen molar-refractivity contribution in [2.75, 3.05) is 0 Å². The second-order valence-corrected chi connectivity index (χ2v) is 6.46. The van der Waals surface area contributed by atoms with E-state index >= 15 is 0 Å². The number of rotatable bonds is 2. The van der Waals surface area contributed by atoms with Crippen LogP contribution in [0.5, 0.6) is 0 Å². The number of aryl methyl sites for hydroxylation is 1. The molecule has 1 aliphatic rings. The van der Waals surface area contributed by atoms with Crippen LogP contribution in [0.25, 0.3) is 10.2 Å². The van der Waals surface area contributed by atoms with E-state index in [0.717, 1.165) is 42.6 Å². The zero-order chi connectivity index (χ0) is 12.5. The van der Waals surface area contributed by atoms with E-state index in [1.165, 1.54) is 10.3 Å². The summed E-state index contributed by atoms with van der Waals surface area (Å²) >= 11 is 1.76. The first kappa shape index (κ1) is 11.8. The molecule has 0 N–H and O–H groups in total. The summed E-state index contributed by atoms with van der Waals surface area (Å²) in [6, 6.07) is 6.59. The van der Waals surface area contributed by atoms with Crippen molar-refractivity contribution in [3.8, 4) is 0 Å². The van der Waals surface area contributed by atoms with E-state index in [1.807, 2.05) is 0 Å². The lowest BCUT2D eigenvalue weighted by Crippen LogP contribution is -2.15. The number of ketones is 1. The number of carbonyl (C=O) groups excluding carboxylic acids is 1. The van der Waals surface area contributed by atoms with Crippen LogP contribution in [0.2, 0.25) is 0 Å². The monoisotopic (exact) mass is 259 g/mol. The molecular weight excluding hydrogens is 242 g/mol. The van der Waals surface area contributed by atoms with Crippen molar-refractivity contribution in [3.05, 3.63) is 28.8 Å². The predicted octanol–water partition coefficient (Wildman–Crippen LogP) is 3.91. The van der Waals surface area contributed by atoms with Crippen LogP contribution >= 0.6 is 11.3 Å². The van der Waals surface area contributed by atoms with Crippen LogP contribution in [-0.4, -0.2) is 10.8 Å². The van der Waals surface area contributed by atoms with Crippen LogP contribution in [0, 0.1) is 12.8 Å². The fraction of sp³-hybridized carbons (Fsp3) is 0.467. The Morgan fingerprint density at radius 3 is 2.89 bits per heavy atom. The smallest absolute Gasteiger partial charge is 0.132 e. The molecule has 18 heavy (non-hydrogen) atoms. The summed E-state index contributed by atoms with van der Waals surface area (Å²) in [7, 11) is 0. The maximum Gasteiger partial charge on any atom is 0.132 e. The topological polar surface area (TPSA) is 30.0 Å². The molecule has 3 heteroatoms. The first-order valence-corrected chi connectivity index (χ1v) is 7.40. The van der Waals surface area contributed by atoms with Gasteiger partial charge in [-0.05, 0) is 49.8 Å². The van der Waals surface area contributed by atoms with Gasteiger partial charge in [0.05, 0.1) is 15.2 Å². The van der Waals surface area contributed by atoms with Crippen LogP contribution in [-0.2, 0) is 11.2 Å². The molecule has 2 aromatic rings. The minimum absolute atomic E-state index is 0.444. The minimum atomic E-state index is 0.444. The highest BCUT2D eigenvalue weighted by Gasteiger charge is 2.19. The highest BCUT2D eigenvalue weighted by molar-refractivity contribution is 7.18. The fourth-order valence-electron chi connectivity index (χ4n) is 2.75. The van der Waals surface area contributed by atoms with Crippen molar-refractivity contribution in [3.63, 3.8) is 0 Å². The van der Waals surface area contributed by atoms with Crippen molar-refractivity contribution >= 4 is 27.3 Å². The number of Topliss-reactive ketones (excluding diaryl/α,β-unsaturated/α-hetero) is 1. The van der Waals surface area contributed by atoms with Gasteiger partial charge in [0.1, 0.15) is 5.78 Å². The van der Waals surface area contributed by atoms with Gasteiger partial charge in [0, 0.05) is 12.8 Å². The van der Waals surface area contributed by atoms with Gasteiger partial charge in [0.25, 0.3) is 0 Å². The van der Waals surface area contributed by atoms with Gasteiger partial charge in [0.2, 0.25) is 0 Å². The van der Waals surface area contributed by atoms with Crippen LogP contribution in [0.4, 0.5) is 0 Å². The summed E-state index contributed by atoms with van der Waals surface area (Å²) in [5.41, 5.74) is 2.51. The molecule has 1 saturated carbocycles. The first-order valence-electron chi connectivity index (χ1n) is 6.58. The lowest BCUT2D eigenvalue weighted by Gasteiger charge is -2.20. The van der Waals surface area contributed by atoms with Crippen LogP contribution in [0.3, 0.4) is 0 Å². The third-order valence-electron chi connectivity index (χ3n) is 3.75. The molecule has 0 radical (unpaired) electrons. The third-order valence-corrected chi connectivity index (χ3v) is 4.68. The molecule has 0 aliphatic heterocycles. The molecule has 0 unspecified atom stereocenters. The number of nitrogens with zero attached hydrogens (tertiary/aromatic N) is 1. The van der Waals surface area contributed by atoms with Crippen molar-refractivity contribution < 1.29 is 4.79 Å². The van der Waals surface area contributed by atoms with E-state index < -0.39 is 0 Å². The van der Waals surface area contributed by atoms with Crippen molar-refractivity contribution in [1.82, 2.24) is 4.98 Å². The largest absolute Gasteiger partial charge is 0.300 e. The number of benzene rings is 1. The van der Waals surface area contributed by atoms with Crippen molar-refractivity contribution in [2.45, 2.75) is 39.0 Å². The maximum atomic E-state index is 11.2. The van der Waals surface area contributed by atoms with Gasteiger partial charge in [0.15, 0.2) is 0 Å². The molecule has 1 aliphatic carbocycles. The lowest BCUT2D eigenvalue weighted by atomic mass is 9.84. The summed E-state index contributed by atoms with van der Waals surface area (Å²) in [4.78, 5) is 15.7. The number of carbonyl (C=O) groups is 1. The van der Waals surface area contributed by atoms with E-state index in [-0.39, 0.29) is 0 Å².